The Morgan fingerprint density at radius 3 is 1.54 bits per heavy atom. The van der Waals surface area contributed by atoms with E-state index in [2.05, 4.69) is 62.5 Å². The van der Waals surface area contributed by atoms with E-state index in [0.717, 1.165) is 77.0 Å². The van der Waals surface area contributed by atoms with Crippen molar-refractivity contribution in [1.82, 2.24) is 0 Å². The molecule has 0 aromatic rings. The van der Waals surface area contributed by atoms with Crippen molar-refractivity contribution in [1.29, 1.82) is 0 Å². The SMILES string of the molecule is CC/C=C/C=C/C=C/C=C/C=C/C=C/C=C/CCCCCC(=O)OC(COCCC(C(=O)O)[N+](C)(C)C)COC(=O)CCCCCCCC/C=C/C/C=C/C/C=C/CC. The van der Waals surface area contributed by atoms with Crippen LogP contribution in [-0.2, 0) is 28.6 Å². The minimum absolute atomic E-state index is 0.0284. The first-order valence-corrected chi connectivity index (χ1v) is 22.2. The van der Waals surface area contributed by atoms with E-state index < -0.39 is 18.1 Å². The summed E-state index contributed by atoms with van der Waals surface area (Å²) >= 11 is 0. The summed E-state index contributed by atoms with van der Waals surface area (Å²) < 4.78 is 17.2. The average Bonchev–Trinajstić information content (AvgIpc) is 3.19. The highest BCUT2D eigenvalue weighted by atomic mass is 16.6. The third-order valence-electron chi connectivity index (χ3n) is 9.05. The maximum absolute atomic E-state index is 12.7. The molecule has 2 atom stereocenters. The zero-order valence-electron chi connectivity index (χ0n) is 37.4. The fourth-order valence-corrected chi connectivity index (χ4v) is 5.68. The zero-order chi connectivity index (χ0) is 43.5. The third kappa shape index (κ3) is 39.0. The number of aliphatic carboxylic acids is 1. The number of unbranched alkanes of at least 4 members (excludes halogenated alkanes) is 9. The summed E-state index contributed by atoms with van der Waals surface area (Å²) in [4.78, 5) is 37.0. The van der Waals surface area contributed by atoms with Crippen LogP contribution in [0.15, 0.2) is 122 Å². The van der Waals surface area contributed by atoms with Gasteiger partial charge in [0, 0.05) is 19.3 Å². The zero-order valence-corrected chi connectivity index (χ0v) is 37.4. The molecule has 0 bridgehead atoms. The van der Waals surface area contributed by atoms with Crippen molar-refractivity contribution in [3.05, 3.63) is 122 Å². The minimum Gasteiger partial charge on any atom is -0.477 e. The second-order valence-electron chi connectivity index (χ2n) is 15.4. The van der Waals surface area contributed by atoms with E-state index in [0.29, 0.717) is 19.3 Å². The molecule has 0 fully saturated rings. The van der Waals surface area contributed by atoms with Crippen molar-refractivity contribution < 1.29 is 38.2 Å². The summed E-state index contributed by atoms with van der Waals surface area (Å²) in [5, 5.41) is 9.62. The molecule has 330 valence electrons. The van der Waals surface area contributed by atoms with Crippen LogP contribution in [0.2, 0.25) is 0 Å². The molecular formula is C51H80NO7+. The van der Waals surface area contributed by atoms with E-state index >= 15 is 0 Å². The Morgan fingerprint density at radius 1 is 0.525 bits per heavy atom. The van der Waals surface area contributed by atoms with Gasteiger partial charge in [-0.1, -0.05) is 167 Å². The molecule has 0 amide bonds. The number of carbonyl (C=O) groups excluding carboxylic acids is 2. The van der Waals surface area contributed by atoms with Crippen molar-refractivity contribution >= 4 is 17.9 Å². The second-order valence-corrected chi connectivity index (χ2v) is 15.4. The lowest BCUT2D eigenvalue weighted by molar-refractivity contribution is -0.887. The maximum atomic E-state index is 12.7. The van der Waals surface area contributed by atoms with Gasteiger partial charge in [0.15, 0.2) is 12.1 Å². The van der Waals surface area contributed by atoms with Gasteiger partial charge in [-0.15, -0.1) is 0 Å². The molecule has 0 saturated carbocycles. The molecule has 0 saturated heterocycles. The van der Waals surface area contributed by atoms with E-state index in [1.807, 2.05) is 94.1 Å². The smallest absolute Gasteiger partial charge is 0.362 e. The summed E-state index contributed by atoms with van der Waals surface area (Å²) in [5.41, 5.74) is 0. The molecule has 0 aliphatic rings. The van der Waals surface area contributed by atoms with Crippen molar-refractivity contribution in [2.75, 3.05) is 41.0 Å². The number of carbonyl (C=O) groups is 3. The van der Waals surface area contributed by atoms with Gasteiger partial charge in [-0.2, -0.15) is 0 Å². The van der Waals surface area contributed by atoms with Gasteiger partial charge < -0.3 is 23.8 Å². The largest absolute Gasteiger partial charge is 0.477 e. The molecule has 0 aromatic heterocycles. The Morgan fingerprint density at radius 2 is 0.983 bits per heavy atom. The van der Waals surface area contributed by atoms with Crippen molar-refractivity contribution in [3.8, 4) is 0 Å². The highest BCUT2D eigenvalue weighted by Crippen LogP contribution is 2.12. The molecule has 8 heteroatoms. The number of nitrogens with zero attached hydrogens (tertiary/aromatic N) is 1. The highest BCUT2D eigenvalue weighted by molar-refractivity contribution is 5.72. The first-order valence-electron chi connectivity index (χ1n) is 22.2. The van der Waals surface area contributed by atoms with Crippen LogP contribution < -0.4 is 0 Å². The van der Waals surface area contributed by atoms with Crippen molar-refractivity contribution in [2.45, 2.75) is 142 Å². The van der Waals surface area contributed by atoms with Gasteiger partial charge in [-0.05, 0) is 64.2 Å². The standard InChI is InChI=1S/C51H79NO7/c1-6-8-10-12-14-16-18-20-22-24-25-26-28-30-32-34-36-38-40-42-50(54)59-47(45-57-44-43-48(51(55)56)52(3,4)5)46-58-49(53)41-39-37-35-33-31-29-27-23-21-19-17-15-13-11-9-7-2/h8-12,14-18,20-26,28,30,32,47-48H,6-7,13,19,27,29,31,33-46H2,1-5H3/p+1/b10-8+,11-9+,14-12+,17-15+,18-16+,22-20+,23-21+,25-24+,28-26+,32-30+. The Kier molecular flexibility index (Phi) is 37.6. The number of carboxylic acids is 1. The van der Waals surface area contributed by atoms with E-state index in [1.165, 1.54) is 12.8 Å². The van der Waals surface area contributed by atoms with Crippen LogP contribution in [-0.4, -0.2) is 80.6 Å². The van der Waals surface area contributed by atoms with E-state index in [1.54, 1.807) is 0 Å². The summed E-state index contributed by atoms with van der Waals surface area (Å²) in [5.74, 6) is -1.56. The Labute approximate surface area is 359 Å². The van der Waals surface area contributed by atoms with Gasteiger partial charge in [0.05, 0.1) is 34.4 Å². The van der Waals surface area contributed by atoms with E-state index in [9.17, 15) is 19.5 Å². The molecule has 0 radical (unpaired) electrons. The van der Waals surface area contributed by atoms with Gasteiger partial charge in [0.25, 0.3) is 0 Å². The Bertz CT molecular complexity index is 1370. The molecular weight excluding hydrogens is 739 g/mol. The minimum atomic E-state index is -0.892. The van der Waals surface area contributed by atoms with Crippen LogP contribution in [0.4, 0.5) is 0 Å². The molecule has 1 N–H and O–H groups in total. The van der Waals surface area contributed by atoms with E-state index in [-0.39, 0.29) is 42.7 Å². The number of likely N-dealkylation sites (N-methyl/N-ethyl adjacent to an activating group) is 1. The number of quaternary nitrogens is 1. The molecule has 2 unspecified atom stereocenters. The number of carboxylic acid groups (broad SMARTS) is 1. The van der Waals surface area contributed by atoms with Gasteiger partial charge in [0.1, 0.15) is 6.61 Å². The first kappa shape index (κ1) is 54.7. The quantitative estimate of drug-likeness (QED) is 0.0219. The second kappa shape index (κ2) is 40.5. The monoisotopic (exact) mass is 819 g/mol. The molecule has 59 heavy (non-hydrogen) atoms. The molecule has 0 aromatic carbocycles. The molecule has 0 aliphatic carbocycles. The van der Waals surface area contributed by atoms with Crippen LogP contribution >= 0.6 is 0 Å². The van der Waals surface area contributed by atoms with Gasteiger partial charge >= 0.3 is 17.9 Å². The number of esters is 2. The fourth-order valence-electron chi connectivity index (χ4n) is 5.68. The lowest BCUT2D eigenvalue weighted by Gasteiger charge is -2.31. The molecule has 0 spiro atoms. The van der Waals surface area contributed by atoms with Crippen LogP contribution in [0.25, 0.3) is 0 Å². The van der Waals surface area contributed by atoms with Crippen LogP contribution in [0, 0.1) is 0 Å². The normalized spacial score (nSPS) is 14.1. The van der Waals surface area contributed by atoms with E-state index in [4.69, 9.17) is 14.2 Å². The Hall–Kier alpha value is -4.27. The van der Waals surface area contributed by atoms with Gasteiger partial charge in [-0.25, -0.2) is 4.79 Å². The summed E-state index contributed by atoms with van der Waals surface area (Å²) in [6.45, 7) is 4.38. The summed E-state index contributed by atoms with van der Waals surface area (Å²) in [6, 6.07) is -0.634. The number of hydrogen-bond donors (Lipinski definition) is 1. The molecule has 0 aliphatic heterocycles. The lowest BCUT2D eigenvalue weighted by atomic mass is 10.1. The first-order chi connectivity index (χ1) is 28.6. The number of rotatable bonds is 37. The van der Waals surface area contributed by atoms with Crippen LogP contribution in [0.5, 0.6) is 0 Å². The van der Waals surface area contributed by atoms with Gasteiger partial charge in [-0.3, -0.25) is 9.59 Å². The van der Waals surface area contributed by atoms with Crippen molar-refractivity contribution in [2.24, 2.45) is 0 Å². The number of ether oxygens (including phenoxy) is 3. The Balaban J connectivity index is 4.51. The molecule has 0 heterocycles. The average molecular weight is 819 g/mol. The predicted octanol–water partition coefficient (Wildman–Crippen LogP) is 12.2. The van der Waals surface area contributed by atoms with Crippen LogP contribution in [0.3, 0.4) is 0 Å². The number of allylic oxidation sites excluding steroid dienone is 20. The predicted molar refractivity (Wildman–Crippen MR) is 247 cm³/mol. The maximum Gasteiger partial charge on any atom is 0.362 e. The van der Waals surface area contributed by atoms with Crippen LogP contribution in [0.1, 0.15) is 129 Å². The fraction of sp³-hybridized carbons (Fsp3) is 0.549. The van der Waals surface area contributed by atoms with Gasteiger partial charge in [0.2, 0.25) is 0 Å². The number of hydrogen-bond acceptors (Lipinski definition) is 6. The highest BCUT2D eigenvalue weighted by Gasteiger charge is 2.31. The topological polar surface area (TPSA) is 99.1 Å². The lowest BCUT2D eigenvalue weighted by Crippen LogP contribution is -2.50. The molecule has 0 rings (SSSR count). The molecule has 8 nitrogen and oxygen atoms in total. The summed E-state index contributed by atoms with van der Waals surface area (Å²) in [7, 11) is 5.49. The van der Waals surface area contributed by atoms with Crippen molar-refractivity contribution in [3.63, 3.8) is 0 Å². The third-order valence-corrected chi connectivity index (χ3v) is 9.05. The summed E-state index contributed by atoms with van der Waals surface area (Å²) in [6.07, 6.45) is 56.6.